The minimum atomic E-state index is -0.301. The molecule has 0 atom stereocenters. The molecule has 4 nitrogen and oxygen atoms in total. The summed E-state index contributed by atoms with van der Waals surface area (Å²) in [7, 11) is 3.23. The molecule has 0 N–H and O–H groups in total. The van der Waals surface area contributed by atoms with Gasteiger partial charge in [-0.3, -0.25) is 9.59 Å². The molecule has 0 unspecified atom stereocenters. The van der Waals surface area contributed by atoms with Crippen LogP contribution in [0.15, 0.2) is 41.2 Å². The van der Waals surface area contributed by atoms with Gasteiger partial charge in [-0.15, -0.1) is 0 Å². The average molecular weight is 243 g/mol. The molecule has 0 fully saturated rings. The van der Waals surface area contributed by atoms with E-state index in [4.69, 9.17) is 4.74 Å². The molecule has 0 saturated carbocycles. The Kier molecular flexibility index (Phi) is 3.28. The topological polar surface area (TPSA) is 48.3 Å². The lowest BCUT2D eigenvalue weighted by molar-refractivity contribution is 0.112. The smallest absolute Gasteiger partial charge is 0.261 e. The predicted molar refractivity (Wildman–Crippen MR) is 69.1 cm³/mol. The third-order valence-electron chi connectivity index (χ3n) is 2.83. The fourth-order valence-corrected chi connectivity index (χ4v) is 1.82. The Balaban J connectivity index is 2.61. The van der Waals surface area contributed by atoms with Crippen molar-refractivity contribution in [3.05, 3.63) is 52.3 Å². The van der Waals surface area contributed by atoms with Crippen LogP contribution in [-0.2, 0) is 7.05 Å². The number of carbonyl (C=O) groups is 1. The fourth-order valence-electron chi connectivity index (χ4n) is 1.82. The van der Waals surface area contributed by atoms with Crippen LogP contribution >= 0.6 is 0 Å². The minimum Gasteiger partial charge on any atom is -0.497 e. The van der Waals surface area contributed by atoms with Gasteiger partial charge in [0.05, 0.1) is 18.4 Å². The first-order valence-electron chi connectivity index (χ1n) is 5.47. The highest BCUT2D eigenvalue weighted by atomic mass is 16.5. The van der Waals surface area contributed by atoms with Crippen LogP contribution in [-0.4, -0.2) is 18.0 Å². The van der Waals surface area contributed by atoms with Crippen molar-refractivity contribution in [2.24, 2.45) is 7.05 Å². The lowest BCUT2D eigenvalue weighted by Gasteiger charge is -2.09. The first-order valence-corrected chi connectivity index (χ1v) is 5.47. The highest BCUT2D eigenvalue weighted by molar-refractivity contribution is 5.75. The van der Waals surface area contributed by atoms with Gasteiger partial charge < -0.3 is 9.30 Å². The van der Waals surface area contributed by atoms with Gasteiger partial charge in [0.1, 0.15) is 5.75 Å². The third kappa shape index (κ3) is 2.05. The molecule has 4 heteroatoms. The van der Waals surface area contributed by atoms with Gasteiger partial charge in [-0.1, -0.05) is 12.1 Å². The number of aromatic nitrogens is 1. The molecule has 0 aliphatic carbocycles. The summed E-state index contributed by atoms with van der Waals surface area (Å²) in [6.07, 6.45) is 0.567. The van der Waals surface area contributed by atoms with E-state index < -0.39 is 0 Å². The molecule has 0 radical (unpaired) electrons. The summed E-state index contributed by atoms with van der Waals surface area (Å²) in [5, 5.41) is 0. The largest absolute Gasteiger partial charge is 0.497 e. The van der Waals surface area contributed by atoms with Crippen molar-refractivity contribution in [1.29, 1.82) is 0 Å². The van der Waals surface area contributed by atoms with Crippen molar-refractivity contribution < 1.29 is 9.53 Å². The number of nitrogens with zero attached hydrogens (tertiary/aromatic N) is 1. The van der Waals surface area contributed by atoms with Crippen molar-refractivity contribution >= 4 is 6.29 Å². The molecular weight excluding hydrogens is 230 g/mol. The van der Waals surface area contributed by atoms with E-state index in [0.717, 1.165) is 17.0 Å². The molecule has 92 valence electrons. The number of hydrogen-bond donors (Lipinski definition) is 0. The summed E-state index contributed by atoms with van der Waals surface area (Å²) in [5.74, 6) is 0.722. The summed E-state index contributed by atoms with van der Waals surface area (Å²) in [5.41, 5.74) is 1.46. The van der Waals surface area contributed by atoms with Gasteiger partial charge in [0.2, 0.25) is 0 Å². The maximum atomic E-state index is 11.8. The molecule has 0 bridgehead atoms. The standard InChI is InChI=1S/C14H13NO3/c1-15-13(7-6-11(9-16)14(15)17)10-4-3-5-12(8-10)18-2/h3-9H,1-2H3. The number of aldehydes is 1. The van der Waals surface area contributed by atoms with Crippen LogP contribution in [0.3, 0.4) is 0 Å². The van der Waals surface area contributed by atoms with Gasteiger partial charge in [-0.2, -0.15) is 0 Å². The van der Waals surface area contributed by atoms with E-state index in [9.17, 15) is 9.59 Å². The number of hydrogen-bond acceptors (Lipinski definition) is 3. The molecule has 0 aliphatic rings. The maximum absolute atomic E-state index is 11.8. The molecule has 1 aromatic heterocycles. The van der Waals surface area contributed by atoms with E-state index in [0.29, 0.717) is 6.29 Å². The SMILES string of the molecule is COc1cccc(-c2ccc(C=O)c(=O)n2C)c1. The zero-order chi connectivity index (χ0) is 13.1. The van der Waals surface area contributed by atoms with Gasteiger partial charge in [0.15, 0.2) is 6.29 Å². The Morgan fingerprint density at radius 2 is 2.00 bits per heavy atom. The Bertz CT molecular complexity index is 644. The highest BCUT2D eigenvalue weighted by Crippen LogP contribution is 2.22. The van der Waals surface area contributed by atoms with E-state index in [1.807, 2.05) is 24.3 Å². The fraction of sp³-hybridized carbons (Fsp3) is 0.143. The predicted octanol–water partition coefficient (Wildman–Crippen LogP) is 1.87. The van der Waals surface area contributed by atoms with Gasteiger partial charge in [-0.25, -0.2) is 0 Å². The van der Waals surface area contributed by atoms with E-state index in [1.54, 1.807) is 20.2 Å². The third-order valence-corrected chi connectivity index (χ3v) is 2.83. The number of benzene rings is 1. The number of methoxy groups -OCH3 is 1. The summed E-state index contributed by atoms with van der Waals surface area (Å²) in [4.78, 5) is 22.5. The van der Waals surface area contributed by atoms with Gasteiger partial charge in [-0.05, 0) is 24.3 Å². The van der Waals surface area contributed by atoms with E-state index >= 15 is 0 Å². The molecule has 1 heterocycles. The minimum absolute atomic E-state index is 0.157. The monoisotopic (exact) mass is 243 g/mol. The number of ether oxygens (including phenoxy) is 1. The van der Waals surface area contributed by atoms with Crippen molar-refractivity contribution in [1.82, 2.24) is 4.57 Å². The Labute approximate surface area is 104 Å². The highest BCUT2D eigenvalue weighted by Gasteiger charge is 2.07. The van der Waals surface area contributed by atoms with Gasteiger partial charge in [0.25, 0.3) is 5.56 Å². The van der Waals surface area contributed by atoms with Crippen LogP contribution in [0.4, 0.5) is 0 Å². The van der Waals surface area contributed by atoms with E-state index in [-0.39, 0.29) is 11.1 Å². The van der Waals surface area contributed by atoms with Crippen LogP contribution in [0.2, 0.25) is 0 Å². The van der Waals surface area contributed by atoms with Crippen LogP contribution in [0.25, 0.3) is 11.3 Å². The maximum Gasteiger partial charge on any atom is 0.261 e. The normalized spacial score (nSPS) is 10.1. The summed E-state index contributed by atoms with van der Waals surface area (Å²) in [6.45, 7) is 0. The zero-order valence-electron chi connectivity index (χ0n) is 10.2. The number of rotatable bonds is 3. The molecule has 0 spiro atoms. The number of pyridine rings is 1. The quantitative estimate of drug-likeness (QED) is 0.773. The van der Waals surface area contributed by atoms with Crippen LogP contribution in [0.5, 0.6) is 5.75 Å². The van der Waals surface area contributed by atoms with Crippen molar-refractivity contribution in [3.8, 4) is 17.0 Å². The van der Waals surface area contributed by atoms with Gasteiger partial charge >= 0.3 is 0 Å². The molecule has 0 amide bonds. The van der Waals surface area contributed by atoms with Crippen LogP contribution in [0, 0.1) is 0 Å². The summed E-state index contributed by atoms with van der Waals surface area (Å²) < 4.78 is 6.60. The van der Waals surface area contributed by atoms with Crippen molar-refractivity contribution in [3.63, 3.8) is 0 Å². The van der Waals surface area contributed by atoms with E-state index in [2.05, 4.69) is 0 Å². The Morgan fingerprint density at radius 1 is 1.22 bits per heavy atom. The first kappa shape index (κ1) is 12.1. The zero-order valence-corrected chi connectivity index (χ0v) is 10.2. The Morgan fingerprint density at radius 3 is 2.67 bits per heavy atom. The van der Waals surface area contributed by atoms with Gasteiger partial charge in [0, 0.05) is 12.6 Å². The van der Waals surface area contributed by atoms with Crippen LogP contribution in [0.1, 0.15) is 10.4 Å². The second-order valence-electron chi connectivity index (χ2n) is 3.89. The van der Waals surface area contributed by atoms with E-state index in [1.165, 1.54) is 10.6 Å². The molecule has 0 aliphatic heterocycles. The summed E-state index contributed by atoms with van der Waals surface area (Å²) in [6, 6.07) is 10.7. The lowest BCUT2D eigenvalue weighted by atomic mass is 10.1. The Hall–Kier alpha value is -2.36. The molecular formula is C14H13NO3. The van der Waals surface area contributed by atoms with Crippen LogP contribution < -0.4 is 10.3 Å². The van der Waals surface area contributed by atoms with Crippen molar-refractivity contribution in [2.45, 2.75) is 0 Å². The summed E-state index contributed by atoms with van der Waals surface area (Å²) >= 11 is 0. The second kappa shape index (κ2) is 4.87. The average Bonchev–Trinajstić information content (AvgIpc) is 2.42. The first-order chi connectivity index (χ1) is 8.67. The number of carbonyl (C=O) groups excluding carboxylic acids is 1. The lowest BCUT2D eigenvalue weighted by Crippen LogP contribution is -2.21. The molecule has 1 aromatic carbocycles. The second-order valence-corrected chi connectivity index (χ2v) is 3.89. The molecule has 18 heavy (non-hydrogen) atoms. The molecule has 2 rings (SSSR count). The van der Waals surface area contributed by atoms with Crippen molar-refractivity contribution in [2.75, 3.05) is 7.11 Å². The molecule has 0 saturated heterocycles. The molecule has 2 aromatic rings.